The topological polar surface area (TPSA) is 46.1 Å². The minimum absolute atomic E-state index is 0.735. The second-order valence-electron chi connectivity index (χ2n) is 6.80. The van der Waals surface area contributed by atoms with E-state index in [9.17, 15) is 0 Å². The second-order valence-corrected chi connectivity index (χ2v) is 6.80. The first-order chi connectivity index (χ1) is 11.7. The van der Waals surface area contributed by atoms with Crippen LogP contribution in [0.1, 0.15) is 31.2 Å². The van der Waals surface area contributed by atoms with E-state index in [4.69, 9.17) is 9.47 Å². The maximum absolute atomic E-state index is 5.38. The zero-order chi connectivity index (χ0) is 16.9. The molecule has 24 heavy (non-hydrogen) atoms. The quantitative estimate of drug-likeness (QED) is 0.681. The third-order valence-corrected chi connectivity index (χ3v) is 5.39. The molecule has 1 aliphatic carbocycles. The fourth-order valence-electron chi connectivity index (χ4n) is 4.08. The monoisotopic (exact) mass is 331 g/mol. The summed E-state index contributed by atoms with van der Waals surface area (Å²) in [5.74, 6) is 4.25. The number of methoxy groups -OCH3 is 2. The van der Waals surface area contributed by atoms with Crippen LogP contribution in [0.15, 0.2) is 23.2 Å². The number of fused-ring (bicyclic) bond motifs is 1. The van der Waals surface area contributed by atoms with Crippen LogP contribution < -0.4 is 14.8 Å². The number of nitrogens with one attached hydrogen (secondary N) is 1. The first kappa shape index (κ1) is 16.9. The number of benzene rings is 1. The Morgan fingerprint density at radius 2 is 1.79 bits per heavy atom. The van der Waals surface area contributed by atoms with Gasteiger partial charge in [0, 0.05) is 26.7 Å². The van der Waals surface area contributed by atoms with Gasteiger partial charge in [0.05, 0.1) is 14.2 Å². The lowest BCUT2D eigenvalue weighted by Crippen LogP contribution is -2.39. The average Bonchev–Trinajstić information content (AvgIpc) is 3.05. The van der Waals surface area contributed by atoms with Gasteiger partial charge < -0.3 is 19.7 Å². The summed E-state index contributed by atoms with van der Waals surface area (Å²) >= 11 is 0. The molecule has 1 saturated carbocycles. The van der Waals surface area contributed by atoms with Gasteiger partial charge in [-0.1, -0.05) is 18.9 Å². The Bertz CT molecular complexity index is 574. The van der Waals surface area contributed by atoms with E-state index in [1.165, 1.54) is 25.7 Å². The second kappa shape index (κ2) is 7.77. The van der Waals surface area contributed by atoms with E-state index in [1.807, 2.05) is 19.2 Å². The van der Waals surface area contributed by atoms with Crippen molar-refractivity contribution in [1.82, 2.24) is 10.2 Å². The van der Waals surface area contributed by atoms with Crippen molar-refractivity contribution in [3.8, 4) is 11.5 Å². The highest BCUT2D eigenvalue weighted by Gasteiger charge is 2.35. The van der Waals surface area contributed by atoms with Crippen LogP contribution in [-0.4, -0.2) is 45.2 Å². The standard InChI is InChI=1S/C19H29N3O2/c1-20-19(22-12-15-6-4-5-7-16(15)13-22)21-11-14-8-9-17(23-2)18(10-14)24-3/h8-10,15-16H,4-7,11-13H2,1-3H3,(H,20,21). The van der Waals surface area contributed by atoms with Gasteiger partial charge in [-0.2, -0.15) is 0 Å². The lowest BCUT2D eigenvalue weighted by atomic mass is 9.82. The molecular formula is C19H29N3O2. The van der Waals surface area contributed by atoms with Gasteiger partial charge in [-0.05, 0) is 42.4 Å². The number of guanidine groups is 1. The maximum atomic E-state index is 5.38. The van der Waals surface area contributed by atoms with Crippen molar-refractivity contribution in [1.29, 1.82) is 0 Å². The van der Waals surface area contributed by atoms with Crippen molar-refractivity contribution >= 4 is 5.96 Å². The van der Waals surface area contributed by atoms with Crippen LogP contribution >= 0.6 is 0 Å². The summed E-state index contributed by atoms with van der Waals surface area (Å²) in [6.07, 6.45) is 5.56. The molecule has 0 aromatic heterocycles. The number of aliphatic imine (C=N–C) groups is 1. The van der Waals surface area contributed by atoms with Crippen LogP contribution in [0, 0.1) is 11.8 Å². The summed E-state index contributed by atoms with van der Waals surface area (Å²) in [5.41, 5.74) is 1.16. The minimum atomic E-state index is 0.735. The number of nitrogens with zero attached hydrogens (tertiary/aromatic N) is 2. The van der Waals surface area contributed by atoms with Gasteiger partial charge in [0.2, 0.25) is 0 Å². The molecule has 1 N–H and O–H groups in total. The molecular weight excluding hydrogens is 302 g/mol. The molecule has 0 radical (unpaired) electrons. The third kappa shape index (κ3) is 3.60. The van der Waals surface area contributed by atoms with E-state index in [0.717, 1.165) is 54.5 Å². The first-order valence-corrected chi connectivity index (χ1v) is 8.91. The average molecular weight is 331 g/mol. The lowest BCUT2D eigenvalue weighted by molar-refractivity contribution is 0.299. The van der Waals surface area contributed by atoms with Crippen LogP contribution in [0.2, 0.25) is 0 Å². The van der Waals surface area contributed by atoms with Gasteiger partial charge >= 0.3 is 0 Å². The van der Waals surface area contributed by atoms with Crippen molar-refractivity contribution < 1.29 is 9.47 Å². The summed E-state index contributed by atoms with van der Waals surface area (Å²) in [5, 5.41) is 3.51. The smallest absolute Gasteiger partial charge is 0.193 e. The Labute approximate surface area is 145 Å². The van der Waals surface area contributed by atoms with Crippen molar-refractivity contribution in [3.05, 3.63) is 23.8 Å². The number of hydrogen-bond acceptors (Lipinski definition) is 3. The number of likely N-dealkylation sites (tertiary alicyclic amines) is 1. The number of rotatable bonds is 4. The number of hydrogen-bond donors (Lipinski definition) is 1. The molecule has 1 saturated heterocycles. The highest BCUT2D eigenvalue weighted by atomic mass is 16.5. The van der Waals surface area contributed by atoms with E-state index in [-0.39, 0.29) is 0 Å². The van der Waals surface area contributed by atoms with Crippen LogP contribution in [-0.2, 0) is 6.54 Å². The normalized spacial score (nSPS) is 23.8. The Hall–Kier alpha value is -1.91. The molecule has 0 amide bonds. The summed E-state index contributed by atoms with van der Waals surface area (Å²) in [7, 11) is 5.20. The van der Waals surface area contributed by atoms with Crippen molar-refractivity contribution in [3.63, 3.8) is 0 Å². The zero-order valence-corrected chi connectivity index (χ0v) is 15.0. The molecule has 2 aliphatic rings. The van der Waals surface area contributed by atoms with E-state index in [1.54, 1.807) is 14.2 Å². The van der Waals surface area contributed by atoms with E-state index in [0.29, 0.717) is 0 Å². The Morgan fingerprint density at radius 3 is 2.38 bits per heavy atom. The molecule has 0 bridgehead atoms. The lowest BCUT2D eigenvalue weighted by Gasteiger charge is -2.22. The zero-order valence-electron chi connectivity index (χ0n) is 15.0. The Morgan fingerprint density at radius 1 is 1.12 bits per heavy atom. The first-order valence-electron chi connectivity index (χ1n) is 8.91. The molecule has 1 aromatic rings. The van der Waals surface area contributed by atoms with Gasteiger partial charge in [-0.3, -0.25) is 4.99 Å². The fourth-order valence-corrected chi connectivity index (χ4v) is 4.08. The molecule has 3 rings (SSSR count). The molecule has 0 spiro atoms. The van der Waals surface area contributed by atoms with Crippen LogP contribution in [0.4, 0.5) is 0 Å². The van der Waals surface area contributed by atoms with E-state index in [2.05, 4.69) is 21.3 Å². The van der Waals surface area contributed by atoms with Gasteiger partial charge in [0.1, 0.15) is 0 Å². The molecule has 1 aromatic carbocycles. The summed E-state index contributed by atoms with van der Waals surface area (Å²) < 4.78 is 10.7. The van der Waals surface area contributed by atoms with Gasteiger partial charge in [0.25, 0.3) is 0 Å². The molecule has 1 aliphatic heterocycles. The van der Waals surface area contributed by atoms with Crippen molar-refractivity contribution in [2.45, 2.75) is 32.2 Å². The molecule has 2 unspecified atom stereocenters. The van der Waals surface area contributed by atoms with Crippen LogP contribution in [0.5, 0.6) is 11.5 Å². The Balaban J connectivity index is 1.60. The highest BCUT2D eigenvalue weighted by molar-refractivity contribution is 5.80. The highest BCUT2D eigenvalue weighted by Crippen LogP contribution is 2.36. The van der Waals surface area contributed by atoms with Gasteiger partial charge in [0.15, 0.2) is 17.5 Å². The maximum Gasteiger partial charge on any atom is 0.193 e. The molecule has 1 heterocycles. The molecule has 5 nitrogen and oxygen atoms in total. The van der Waals surface area contributed by atoms with Crippen molar-refractivity contribution in [2.75, 3.05) is 34.4 Å². The van der Waals surface area contributed by atoms with Crippen LogP contribution in [0.25, 0.3) is 0 Å². The Kier molecular flexibility index (Phi) is 5.48. The van der Waals surface area contributed by atoms with Crippen LogP contribution in [0.3, 0.4) is 0 Å². The predicted molar refractivity (Wildman–Crippen MR) is 96.8 cm³/mol. The summed E-state index contributed by atoms with van der Waals surface area (Å²) in [4.78, 5) is 6.93. The van der Waals surface area contributed by atoms with E-state index >= 15 is 0 Å². The third-order valence-electron chi connectivity index (χ3n) is 5.39. The summed E-state index contributed by atoms with van der Waals surface area (Å²) in [6.45, 7) is 3.03. The van der Waals surface area contributed by atoms with Gasteiger partial charge in [-0.15, -0.1) is 0 Å². The van der Waals surface area contributed by atoms with E-state index < -0.39 is 0 Å². The summed E-state index contributed by atoms with van der Waals surface area (Å²) in [6, 6.07) is 6.03. The SMILES string of the molecule is CN=C(NCc1ccc(OC)c(OC)c1)N1CC2CCCCC2C1. The molecule has 132 valence electrons. The van der Waals surface area contributed by atoms with Crippen molar-refractivity contribution in [2.24, 2.45) is 16.8 Å². The molecule has 2 fully saturated rings. The fraction of sp³-hybridized carbons (Fsp3) is 0.632. The molecule has 2 atom stereocenters. The van der Waals surface area contributed by atoms with Gasteiger partial charge in [-0.25, -0.2) is 0 Å². The molecule has 5 heteroatoms. The minimum Gasteiger partial charge on any atom is -0.493 e. The predicted octanol–water partition coefficient (Wildman–Crippen LogP) is 2.90. The largest absolute Gasteiger partial charge is 0.493 e. The number of ether oxygens (including phenoxy) is 2.